The van der Waals surface area contributed by atoms with Gasteiger partial charge in [-0.2, -0.15) is 11.3 Å². The molecule has 3 aromatic rings. The van der Waals surface area contributed by atoms with E-state index in [1.807, 2.05) is 12.1 Å². The van der Waals surface area contributed by atoms with E-state index in [0.29, 0.717) is 18.4 Å². The van der Waals surface area contributed by atoms with Crippen LogP contribution in [0.2, 0.25) is 0 Å². The summed E-state index contributed by atoms with van der Waals surface area (Å²) in [6.45, 7) is 0. The second-order valence-electron chi connectivity index (χ2n) is 5.51. The van der Waals surface area contributed by atoms with Crippen molar-refractivity contribution in [3.63, 3.8) is 0 Å². The summed E-state index contributed by atoms with van der Waals surface area (Å²) in [5.41, 5.74) is 1.86. The lowest BCUT2D eigenvalue weighted by atomic mass is 10.1. The van der Waals surface area contributed by atoms with Crippen LogP contribution < -0.4 is 5.32 Å². The predicted molar refractivity (Wildman–Crippen MR) is 97.6 cm³/mol. The first-order chi connectivity index (χ1) is 11.6. The zero-order valence-electron chi connectivity index (χ0n) is 12.9. The Hall–Kier alpha value is -2.18. The van der Waals surface area contributed by atoms with Crippen LogP contribution in [0.25, 0.3) is 10.1 Å². The number of carboxylic acid groups (broad SMARTS) is 1. The quantitative estimate of drug-likeness (QED) is 0.663. The number of carbonyl (C=O) groups excluding carboxylic acids is 1. The lowest BCUT2D eigenvalue weighted by Crippen LogP contribution is -2.33. The molecule has 0 fully saturated rings. The van der Waals surface area contributed by atoms with Crippen LogP contribution in [0.15, 0.2) is 46.5 Å². The minimum absolute atomic E-state index is 0.229. The van der Waals surface area contributed by atoms with Gasteiger partial charge in [0.15, 0.2) is 6.04 Å². The Morgan fingerprint density at radius 3 is 2.75 bits per heavy atom. The van der Waals surface area contributed by atoms with Gasteiger partial charge in [0, 0.05) is 11.1 Å². The fraction of sp³-hybridized carbons (Fsp3) is 0.222. The van der Waals surface area contributed by atoms with Crippen LogP contribution in [0, 0.1) is 0 Å². The molecule has 3 rings (SSSR count). The van der Waals surface area contributed by atoms with Crippen LogP contribution in [0.3, 0.4) is 0 Å². The highest BCUT2D eigenvalue weighted by Crippen LogP contribution is 2.26. The molecule has 1 aromatic carbocycles. The molecule has 0 radical (unpaired) electrons. The number of fused-ring (bicyclic) bond motifs is 1. The van der Waals surface area contributed by atoms with E-state index >= 15 is 0 Å². The smallest absolute Gasteiger partial charge is 0.330 e. The van der Waals surface area contributed by atoms with Gasteiger partial charge < -0.3 is 10.4 Å². The highest BCUT2D eigenvalue weighted by Gasteiger charge is 2.22. The topological polar surface area (TPSA) is 66.4 Å². The largest absolute Gasteiger partial charge is 0.479 e. The van der Waals surface area contributed by atoms with Crippen LogP contribution in [0.1, 0.15) is 30.0 Å². The summed E-state index contributed by atoms with van der Waals surface area (Å²) < 4.78 is 1.25. The van der Waals surface area contributed by atoms with E-state index in [2.05, 4.69) is 22.8 Å². The van der Waals surface area contributed by atoms with Gasteiger partial charge in [-0.15, -0.1) is 11.3 Å². The molecule has 124 valence electrons. The Kier molecular flexibility index (Phi) is 5.27. The van der Waals surface area contributed by atoms with E-state index in [1.54, 1.807) is 28.2 Å². The van der Waals surface area contributed by atoms with Crippen LogP contribution in [-0.2, 0) is 16.0 Å². The molecule has 6 heteroatoms. The SMILES string of the molecule is O=C(CCCc1csc2ccccc12)NC(C(=O)O)c1ccsc1. The highest BCUT2D eigenvalue weighted by atomic mass is 32.1. The minimum atomic E-state index is -1.04. The Bertz CT molecular complexity index is 839. The molecule has 0 bridgehead atoms. The Balaban J connectivity index is 1.55. The Labute approximate surface area is 147 Å². The number of benzene rings is 1. The average Bonchev–Trinajstić information content (AvgIpc) is 3.22. The summed E-state index contributed by atoms with van der Waals surface area (Å²) in [6.07, 6.45) is 1.83. The van der Waals surface area contributed by atoms with Crippen LogP contribution >= 0.6 is 22.7 Å². The molecular formula is C18H17NO3S2. The third kappa shape index (κ3) is 3.83. The standard InChI is InChI=1S/C18H17NO3S2/c20-16(19-17(18(21)22)13-8-9-23-10-13)7-3-4-12-11-24-15-6-2-1-5-14(12)15/h1-2,5-6,8-11,17H,3-4,7H2,(H,19,20)(H,21,22). The maximum Gasteiger partial charge on any atom is 0.330 e. The summed E-state index contributed by atoms with van der Waals surface area (Å²) in [5, 5.41) is 18.8. The second kappa shape index (κ2) is 7.59. The lowest BCUT2D eigenvalue weighted by Gasteiger charge is -2.13. The summed E-state index contributed by atoms with van der Waals surface area (Å²) in [4.78, 5) is 23.4. The van der Waals surface area contributed by atoms with Crippen molar-refractivity contribution in [3.8, 4) is 0 Å². The molecular weight excluding hydrogens is 342 g/mol. The van der Waals surface area contributed by atoms with E-state index in [0.717, 1.165) is 6.42 Å². The summed E-state index contributed by atoms with van der Waals surface area (Å²) in [7, 11) is 0. The minimum Gasteiger partial charge on any atom is -0.479 e. The fourth-order valence-corrected chi connectivity index (χ4v) is 4.31. The normalized spacial score (nSPS) is 12.2. The first kappa shape index (κ1) is 16.7. The number of amides is 1. The molecule has 4 nitrogen and oxygen atoms in total. The van der Waals surface area contributed by atoms with E-state index < -0.39 is 12.0 Å². The van der Waals surface area contributed by atoms with Crippen molar-refractivity contribution < 1.29 is 14.7 Å². The van der Waals surface area contributed by atoms with Crippen molar-refractivity contribution in [2.45, 2.75) is 25.3 Å². The maximum atomic E-state index is 12.1. The van der Waals surface area contributed by atoms with Crippen molar-refractivity contribution in [2.24, 2.45) is 0 Å². The molecule has 2 aromatic heterocycles. The van der Waals surface area contributed by atoms with Crippen LogP contribution in [0.4, 0.5) is 0 Å². The molecule has 0 saturated heterocycles. The van der Waals surface area contributed by atoms with Gasteiger partial charge in [0.25, 0.3) is 0 Å². The van der Waals surface area contributed by atoms with Crippen molar-refractivity contribution >= 4 is 44.6 Å². The average molecular weight is 359 g/mol. The molecule has 1 atom stereocenters. The Morgan fingerprint density at radius 1 is 1.17 bits per heavy atom. The second-order valence-corrected chi connectivity index (χ2v) is 7.20. The molecule has 0 saturated carbocycles. The van der Waals surface area contributed by atoms with Gasteiger partial charge in [0.1, 0.15) is 0 Å². The van der Waals surface area contributed by atoms with E-state index in [1.165, 1.54) is 27.0 Å². The van der Waals surface area contributed by atoms with Crippen molar-refractivity contribution in [1.82, 2.24) is 5.32 Å². The highest BCUT2D eigenvalue weighted by molar-refractivity contribution is 7.17. The van der Waals surface area contributed by atoms with Gasteiger partial charge in [-0.05, 0) is 57.6 Å². The first-order valence-corrected chi connectivity index (χ1v) is 9.47. The summed E-state index contributed by atoms with van der Waals surface area (Å²) in [6, 6.07) is 8.98. The van der Waals surface area contributed by atoms with Gasteiger partial charge >= 0.3 is 5.97 Å². The number of rotatable bonds is 7. The van der Waals surface area contributed by atoms with Crippen molar-refractivity contribution in [3.05, 3.63) is 57.6 Å². The molecule has 0 aliphatic rings. The van der Waals surface area contributed by atoms with Crippen molar-refractivity contribution in [2.75, 3.05) is 0 Å². The number of carbonyl (C=O) groups is 2. The molecule has 0 aliphatic heterocycles. The zero-order chi connectivity index (χ0) is 16.9. The third-order valence-electron chi connectivity index (χ3n) is 3.84. The molecule has 2 N–H and O–H groups in total. The number of thiophene rings is 2. The van der Waals surface area contributed by atoms with Gasteiger partial charge in [0.2, 0.25) is 5.91 Å². The van der Waals surface area contributed by atoms with Gasteiger partial charge in [0.05, 0.1) is 0 Å². The van der Waals surface area contributed by atoms with Crippen LogP contribution in [0.5, 0.6) is 0 Å². The van der Waals surface area contributed by atoms with Gasteiger partial charge in [-0.3, -0.25) is 4.79 Å². The number of hydrogen-bond donors (Lipinski definition) is 2. The van der Waals surface area contributed by atoms with Crippen LogP contribution in [-0.4, -0.2) is 17.0 Å². The predicted octanol–water partition coefficient (Wildman–Crippen LogP) is 4.23. The molecule has 24 heavy (non-hydrogen) atoms. The first-order valence-electron chi connectivity index (χ1n) is 7.64. The number of hydrogen-bond acceptors (Lipinski definition) is 4. The zero-order valence-corrected chi connectivity index (χ0v) is 14.5. The molecule has 1 amide bonds. The molecule has 1 unspecified atom stereocenters. The van der Waals surface area contributed by atoms with Crippen molar-refractivity contribution in [1.29, 1.82) is 0 Å². The third-order valence-corrected chi connectivity index (χ3v) is 5.55. The van der Waals surface area contributed by atoms with E-state index in [-0.39, 0.29) is 5.91 Å². The maximum absolute atomic E-state index is 12.1. The molecule has 2 heterocycles. The number of aliphatic carboxylic acids is 1. The van der Waals surface area contributed by atoms with E-state index in [4.69, 9.17) is 0 Å². The lowest BCUT2D eigenvalue weighted by molar-refractivity contribution is -0.142. The number of carboxylic acids is 1. The molecule has 0 spiro atoms. The summed E-state index contributed by atoms with van der Waals surface area (Å²) >= 11 is 3.12. The fourth-order valence-electron chi connectivity index (χ4n) is 2.63. The number of aryl methyl sites for hydroxylation is 1. The Morgan fingerprint density at radius 2 is 2.00 bits per heavy atom. The van der Waals surface area contributed by atoms with E-state index in [9.17, 15) is 14.7 Å². The van der Waals surface area contributed by atoms with Gasteiger partial charge in [-0.1, -0.05) is 18.2 Å². The van der Waals surface area contributed by atoms with Gasteiger partial charge in [-0.25, -0.2) is 4.79 Å². The number of nitrogens with one attached hydrogen (secondary N) is 1. The molecule has 0 aliphatic carbocycles. The monoisotopic (exact) mass is 359 g/mol. The summed E-state index contributed by atoms with van der Waals surface area (Å²) in [5.74, 6) is -1.27.